The summed E-state index contributed by atoms with van der Waals surface area (Å²) < 4.78 is 13.8. The molecular formula is C40H39N7O5. The first-order chi connectivity index (χ1) is 25.4. The fraction of sp³-hybridized carbons (Fsp3) is 0.300. The van der Waals surface area contributed by atoms with Gasteiger partial charge in [-0.1, -0.05) is 36.9 Å². The normalized spacial score (nSPS) is 15.7. The average Bonchev–Trinajstić information content (AvgIpc) is 3.70. The van der Waals surface area contributed by atoms with Crippen LogP contribution in [0.4, 0.5) is 0 Å². The Hall–Kier alpha value is -5.88. The minimum atomic E-state index is -0.286. The Morgan fingerprint density at radius 1 is 1.04 bits per heavy atom. The number of benzene rings is 2. The van der Waals surface area contributed by atoms with Crippen LogP contribution in [-0.4, -0.2) is 75.1 Å². The molecule has 2 aromatic carbocycles. The van der Waals surface area contributed by atoms with E-state index in [9.17, 15) is 14.4 Å². The Labute approximate surface area is 300 Å². The van der Waals surface area contributed by atoms with E-state index in [-0.39, 0.29) is 17.7 Å². The maximum atomic E-state index is 12.8. The van der Waals surface area contributed by atoms with E-state index < -0.39 is 0 Å². The molecule has 0 radical (unpaired) electrons. The van der Waals surface area contributed by atoms with Gasteiger partial charge in [-0.05, 0) is 48.9 Å². The van der Waals surface area contributed by atoms with Gasteiger partial charge in [-0.25, -0.2) is 4.98 Å². The van der Waals surface area contributed by atoms with E-state index >= 15 is 0 Å². The van der Waals surface area contributed by atoms with E-state index in [0.717, 1.165) is 83.0 Å². The lowest BCUT2D eigenvalue weighted by molar-refractivity contribution is -0.130. The summed E-state index contributed by atoms with van der Waals surface area (Å²) in [6, 6.07) is 17.1. The van der Waals surface area contributed by atoms with Crippen LogP contribution in [0.1, 0.15) is 70.0 Å². The lowest BCUT2D eigenvalue weighted by atomic mass is 9.99. The third-order valence-electron chi connectivity index (χ3n) is 10.1. The van der Waals surface area contributed by atoms with Crippen molar-refractivity contribution in [1.29, 1.82) is 0 Å². The second-order valence-corrected chi connectivity index (χ2v) is 13.3. The molecular weight excluding hydrogens is 658 g/mol. The molecule has 0 spiro atoms. The van der Waals surface area contributed by atoms with Crippen molar-refractivity contribution >= 4 is 34.2 Å². The molecule has 6 heterocycles. The molecule has 52 heavy (non-hydrogen) atoms. The third kappa shape index (κ3) is 6.30. The van der Waals surface area contributed by atoms with Crippen LogP contribution in [0.2, 0.25) is 0 Å². The Morgan fingerprint density at radius 3 is 2.67 bits per heavy atom. The van der Waals surface area contributed by atoms with Gasteiger partial charge >= 0.3 is 0 Å². The number of aromatic nitrogens is 4. The van der Waals surface area contributed by atoms with Crippen molar-refractivity contribution in [3.8, 4) is 28.3 Å². The Bertz CT molecular complexity index is 2220. The minimum Gasteiger partial charge on any atom is -0.493 e. The number of rotatable bonds is 9. The number of hydrogen-bond donors (Lipinski definition) is 2. The van der Waals surface area contributed by atoms with Gasteiger partial charge in [-0.2, -0.15) is 0 Å². The van der Waals surface area contributed by atoms with Crippen molar-refractivity contribution in [1.82, 2.24) is 35.1 Å². The maximum Gasteiger partial charge on any atom is 0.269 e. The van der Waals surface area contributed by atoms with Gasteiger partial charge < -0.3 is 29.6 Å². The van der Waals surface area contributed by atoms with Crippen LogP contribution >= 0.6 is 0 Å². The van der Waals surface area contributed by atoms with Crippen molar-refractivity contribution in [2.24, 2.45) is 0 Å². The first-order valence-corrected chi connectivity index (χ1v) is 17.7. The molecule has 1 saturated heterocycles. The highest BCUT2D eigenvalue weighted by molar-refractivity contribution is 6.10. The number of carbonyl (C=O) groups excluding carboxylic acids is 3. The van der Waals surface area contributed by atoms with Crippen LogP contribution in [0.5, 0.6) is 5.75 Å². The van der Waals surface area contributed by atoms with E-state index in [4.69, 9.17) is 19.4 Å². The van der Waals surface area contributed by atoms with Gasteiger partial charge in [-0.3, -0.25) is 24.4 Å². The van der Waals surface area contributed by atoms with E-state index in [1.165, 1.54) is 0 Å². The first kappa shape index (κ1) is 33.3. The fourth-order valence-electron chi connectivity index (χ4n) is 7.31. The van der Waals surface area contributed by atoms with E-state index in [1.54, 1.807) is 25.3 Å². The lowest BCUT2D eigenvalue weighted by Gasteiger charge is -2.30. The summed E-state index contributed by atoms with van der Waals surface area (Å²) in [5, 5.41) is 7.58. The lowest BCUT2D eigenvalue weighted by Crippen LogP contribution is -2.37. The molecule has 2 N–H and O–H groups in total. The molecule has 12 heteroatoms. The van der Waals surface area contributed by atoms with Crippen LogP contribution in [0.25, 0.3) is 39.0 Å². The zero-order valence-electron chi connectivity index (χ0n) is 29.0. The van der Waals surface area contributed by atoms with Gasteiger partial charge in [0.05, 0.1) is 35.8 Å². The predicted octanol–water partition coefficient (Wildman–Crippen LogP) is 5.33. The number of hydrogen-bond acceptors (Lipinski definition) is 8. The predicted molar refractivity (Wildman–Crippen MR) is 195 cm³/mol. The SMILES string of the molecule is C=C1NC(=O)c2c(OCCCNC(=O)c3ccc(-c4cc5cccc(-c6nc(C7CCOCC7)n7c6CN(C(C)=O)CC7)c5cn4)cn3)cccc21. The molecule has 5 aromatic rings. The summed E-state index contributed by atoms with van der Waals surface area (Å²) >= 11 is 0. The van der Waals surface area contributed by atoms with Gasteiger partial charge in [0.2, 0.25) is 5.91 Å². The zero-order chi connectivity index (χ0) is 35.8. The molecule has 0 aliphatic carbocycles. The minimum absolute atomic E-state index is 0.0633. The molecule has 12 nitrogen and oxygen atoms in total. The quantitative estimate of drug-likeness (QED) is 0.197. The van der Waals surface area contributed by atoms with Gasteiger partial charge in [-0.15, -0.1) is 0 Å². The largest absolute Gasteiger partial charge is 0.493 e. The summed E-state index contributed by atoms with van der Waals surface area (Å²) in [4.78, 5) is 53.9. The highest BCUT2D eigenvalue weighted by atomic mass is 16.5. The standard InChI is InChI=1S/C40H39N7O5/c1-24-29-7-4-9-35(36(29)40(50)44-24)52-17-5-14-41-39(49)32-11-10-28(21-42-32)33-20-27-6-3-8-30(31(27)22-43-33)37-34-23-46(25(2)48)15-16-47(34)38(45-37)26-12-18-51-19-13-26/h3-4,6-11,20-22,26H,1,5,12-19,23H2,2H3,(H,41,49)(H,44,50). The molecule has 264 valence electrons. The van der Waals surface area contributed by atoms with Gasteiger partial charge in [0, 0.05) is 85.9 Å². The zero-order valence-corrected chi connectivity index (χ0v) is 29.0. The number of pyridine rings is 2. The third-order valence-corrected chi connectivity index (χ3v) is 10.1. The summed E-state index contributed by atoms with van der Waals surface area (Å²) in [5.74, 6) is 1.46. The molecule has 0 bridgehead atoms. The van der Waals surface area contributed by atoms with E-state index in [1.807, 2.05) is 41.4 Å². The summed E-state index contributed by atoms with van der Waals surface area (Å²) in [6.07, 6.45) is 5.96. The monoisotopic (exact) mass is 697 g/mol. The van der Waals surface area contributed by atoms with E-state index in [0.29, 0.717) is 61.3 Å². The number of imidazole rings is 1. The average molecular weight is 698 g/mol. The van der Waals surface area contributed by atoms with Crippen LogP contribution < -0.4 is 15.4 Å². The van der Waals surface area contributed by atoms with Gasteiger partial charge in [0.1, 0.15) is 17.3 Å². The van der Waals surface area contributed by atoms with Crippen molar-refractivity contribution in [2.45, 2.75) is 45.2 Å². The summed E-state index contributed by atoms with van der Waals surface area (Å²) in [7, 11) is 0. The number of nitrogens with zero attached hydrogens (tertiary/aromatic N) is 5. The molecule has 0 unspecified atom stereocenters. The Kier molecular flexibility index (Phi) is 8.98. The smallest absolute Gasteiger partial charge is 0.269 e. The van der Waals surface area contributed by atoms with Gasteiger partial charge in [0.15, 0.2) is 0 Å². The molecule has 3 aliphatic heterocycles. The van der Waals surface area contributed by atoms with Crippen LogP contribution in [-0.2, 0) is 22.6 Å². The molecule has 0 atom stereocenters. The number of amides is 3. The number of carbonyl (C=O) groups is 3. The first-order valence-electron chi connectivity index (χ1n) is 17.7. The van der Waals surface area contributed by atoms with E-state index in [2.05, 4.69) is 38.9 Å². The summed E-state index contributed by atoms with van der Waals surface area (Å²) in [6.45, 7) is 9.59. The van der Waals surface area contributed by atoms with Crippen molar-refractivity contribution in [3.05, 3.63) is 102 Å². The highest BCUT2D eigenvalue weighted by Gasteiger charge is 2.31. The number of nitrogens with one attached hydrogen (secondary N) is 2. The fourth-order valence-corrected chi connectivity index (χ4v) is 7.31. The second kappa shape index (κ2) is 14.0. The van der Waals surface area contributed by atoms with Gasteiger partial charge in [0.25, 0.3) is 11.8 Å². The van der Waals surface area contributed by atoms with Crippen molar-refractivity contribution in [2.75, 3.05) is 32.9 Å². The molecule has 8 rings (SSSR count). The van der Waals surface area contributed by atoms with Crippen LogP contribution in [0, 0.1) is 0 Å². The maximum absolute atomic E-state index is 12.8. The molecule has 1 fully saturated rings. The number of ether oxygens (including phenoxy) is 2. The molecule has 0 saturated carbocycles. The van der Waals surface area contributed by atoms with Crippen molar-refractivity contribution in [3.63, 3.8) is 0 Å². The van der Waals surface area contributed by atoms with Crippen molar-refractivity contribution < 1.29 is 23.9 Å². The topological polar surface area (TPSA) is 141 Å². The second-order valence-electron chi connectivity index (χ2n) is 13.3. The Balaban J connectivity index is 0.952. The summed E-state index contributed by atoms with van der Waals surface area (Å²) in [5.41, 5.74) is 6.57. The number of fused-ring (bicyclic) bond motifs is 3. The molecule has 3 amide bonds. The molecule has 3 aromatic heterocycles. The van der Waals surface area contributed by atoms with Crippen LogP contribution in [0.15, 0.2) is 73.6 Å². The molecule has 3 aliphatic rings. The Morgan fingerprint density at radius 2 is 1.87 bits per heavy atom. The van der Waals surface area contributed by atoms with Crippen LogP contribution in [0.3, 0.4) is 0 Å². The highest BCUT2D eigenvalue weighted by Crippen LogP contribution is 2.38.